The van der Waals surface area contributed by atoms with Crippen molar-refractivity contribution in [2.24, 2.45) is 16.6 Å². The topological polar surface area (TPSA) is 110 Å². The van der Waals surface area contributed by atoms with E-state index in [1.807, 2.05) is 13.8 Å². The molecule has 0 amide bonds. The molecular formula is C13H18Cl3N5O2. The minimum atomic E-state index is -0.219. The Kier molecular flexibility index (Phi) is 7.54. The molecule has 1 rings (SSSR count). The summed E-state index contributed by atoms with van der Waals surface area (Å²) in [5, 5.41) is 12.1. The second kappa shape index (κ2) is 8.90. The highest BCUT2D eigenvalue weighted by molar-refractivity contribution is 6.43. The average molecular weight is 383 g/mol. The number of ether oxygens (including phenoxy) is 1. The van der Waals surface area contributed by atoms with E-state index in [1.54, 1.807) is 0 Å². The van der Waals surface area contributed by atoms with Gasteiger partial charge in [-0.2, -0.15) is 0 Å². The first kappa shape index (κ1) is 19.5. The van der Waals surface area contributed by atoms with Crippen molar-refractivity contribution >= 4 is 46.7 Å². The first-order valence-electron chi connectivity index (χ1n) is 6.60. The molecule has 0 fully saturated rings. The fourth-order valence-electron chi connectivity index (χ4n) is 1.63. The lowest BCUT2D eigenvalue weighted by atomic mass is 10.3. The smallest absolute Gasteiger partial charge is 0.240 e. The molecule has 0 bridgehead atoms. The lowest BCUT2D eigenvalue weighted by Gasteiger charge is -2.24. The molecule has 1 aromatic rings. The standard InChI is InChI=1S/C13H18Cl3N5O2/c1-7(2)21(12(17)18)13(19)20-23-4-3-22-11-6-9(15)8(14)5-10(11)16/h5-7H,3-4H2,1-2H3,(H3,17,18)(H2,19,20). The molecule has 0 saturated carbocycles. The summed E-state index contributed by atoms with van der Waals surface area (Å²) in [6, 6.07) is 2.89. The second-order valence-corrected chi connectivity index (χ2v) is 5.90. The number of oxime groups is 1. The van der Waals surface area contributed by atoms with Crippen LogP contribution in [0.1, 0.15) is 13.8 Å². The molecule has 5 N–H and O–H groups in total. The maximum Gasteiger partial charge on any atom is 0.240 e. The fraction of sp³-hybridized carbons (Fsp3) is 0.385. The van der Waals surface area contributed by atoms with Crippen LogP contribution in [0.25, 0.3) is 0 Å². The molecule has 0 aliphatic heterocycles. The van der Waals surface area contributed by atoms with Gasteiger partial charge in [-0.15, -0.1) is 0 Å². The molecule has 0 atom stereocenters. The zero-order valence-corrected chi connectivity index (χ0v) is 14.9. The van der Waals surface area contributed by atoms with Crippen molar-refractivity contribution in [2.75, 3.05) is 13.2 Å². The minimum Gasteiger partial charge on any atom is -0.488 e. The van der Waals surface area contributed by atoms with Crippen LogP contribution in [-0.2, 0) is 4.84 Å². The molecule has 23 heavy (non-hydrogen) atoms. The summed E-state index contributed by atoms with van der Waals surface area (Å²) in [4.78, 5) is 6.35. The summed E-state index contributed by atoms with van der Waals surface area (Å²) in [7, 11) is 0. The Morgan fingerprint density at radius 1 is 1.17 bits per heavy atom. The van der Waals surface area contributed by atoms with Crippen molar-refractivity contribution in [3.8, 4) is 5.75 Å². The Morgan fingerprint density at radius 3 is 2.35 bits per heavy atom. The molecule has 10 heteroatoms. The van der Waals surface area contributed by atoms with Gasteiger partial charge in [-0.05, 0) is 25.1 Å². The number of rotatable bonds is 6. The highest BCUT2D eigenvalue weighted by Crippen LogP contribution is 2.33. The molecule has 128 valence electrons. The van der Waals surface area contributed by atoms with E-state index in [0.717, 1.165) is 0 Å². The molecule has 0 aliphatic rings. The van der Waals surface area contributed by atoms with E-state index in [9.17, 15) is 0 Å². The number of guanidine groups is 2. The summed E-state index contributed by atoms with van der Waals surface area (Å²) in [6.45, 7) is 3.91. The van der Waals surface area contributed by atoms with Gasteiger partial charge in [0.2, 0.25) is 5.96 Å². The van der Waals surface area contributed by atoms with E-state index >= 15 is 0 Å². The molecule has 0 heterocycles. The van der Waals surface area contributed by atoms with Crippen molar-refractivity contribution in [3.63, 3.8) is 0 Å². The number of nitrogens with one attached hydrogen (secondary N) is 1. The van der Waals surface area contributed by atoms with Gasteiger partial charge in [0.15, 0.2) is 12.6 Å². The van der Waals surface area contributed by atoms with Crippen LogP contribution >= 0.6 is 34.8 Å². The molecule has 7 nitrogen and oxygen atoms in total. The molecule has 1 aromatic carbocycles. The highest BCUT2D eigenvalue weighted by atomic mass is 35.5. The Balaban J connectivity index is 2.50. The van der Waals surface area contributed by atoms with Gasteiger partial charge >= 0.3 is 0 Å². The number of halogens is 3. The largest absolute Gasteiger partial charge is 0.488 e. The Hall–Kier alpha value is -1.57. The van der Waals surface area contributed by atoms with Gasteiger partial charge in [-0.3, -0.25) is 10.3 Å². The van der Waals surface area contributed by atoms with E-state index in [1.165, 1.54) is 17.0 Å². The Labute approximate surface area is 149 Å². The summed E-state index contributed by atoms with van der Waals surface area (Å²) in [5.74, 6) is 0.151. The molecule has 0 spiro atoms. The van der Waals surface area contributed by atoms with Gasteiger partial charge in [0, 0.05) is 12.1 Å². The quantitative estimate of drug-likeness (QED) is 0.230. The number of hydrogen-bond donors (Lipinski definition) is 3. The van der Waals surface area contributed by atoms with Crippen LogP contribution in [0.3, 0.4) is 0 Å². The third-order valence-corrected chi connectivity index (χ3v) is 3.61. The summed E-state index contributed by atoms with van der Waals surface area (Å²) in [5.41, 5.74) is 11.1. The maximum absolute atomic E-state index is 7.43. The van der Waals surface area contributed by atoms with Crippen molar-refractivity contribution in [1.29, 1.82) is 5.41 Å². The van der Waals surface area contributed by atoms with Gasteiger partial charge < -0.3 is 21.0 Å². The fourth-order valence-corrected chi connectivity index (χ4v) is 2.22. The first-order valence-corrected chi connectivity index (χ1v) is 7.73. The van der Waals surface area contributed by atoms with Crippen molar-refractivity contribution in [3.05, 3.63) is 27.2 Å². The van der Waals surface area contributed by atoms with Gasteiger partial charge in [-0.25, -0.2) is 0 Å². The molecule has 0 saturated heterocycles. The van der Waals surface area contributed by atoms with Gasteiger partial charge in [-0.1, -0.05) is 34.8 Å². The first-order chi connectivity index (χ1) is 10.7. The van der Waals surface area contributed by atoms with Crippen LogP contribution in [0.4, 0.5) is 0 Å². The number of benzene rings is 1. The van der Waals surface area contributed by atoms with E-state index in [4.69, 9.17) is 61.3 Å². The molecular weight excluding hydrogens is 365 g/mol. The van der Waals surface area contributed by atoms with E-state index in [-0.39, 0.29) is 31.2 Å². The summed E-state index contributed by atoms with van der Waals surface area (Å²) < 4.78 is 5.42. The predicted octanol–water partition coefficient (Wildman–Crippen LogP) is 2.88. The van der Waals surface area contributed by atoms with Crippen molar-refractivity contribution in [2.45, 2.75) is 19.9 Å². The van der Waals surface area contributed by atoms with Gasteiger partial charge in [0.25, 0.3) is 0 Å². The van der Waals surface area contributed by atoms with Gasteiger partial charge in [0.05, 0.1) is 15.1 Å². The second-order valence-electron chi connectivity index (χ2n) is 4.68. The van der Waals surface area contributed by atoms with Crippen LogP contribution in [0.5, 0.6) is 5.75 Å². The highest BCUT2D eigenvalue weighted by Gasteiger charge is 2.15. The third kappa shape index (κ3) is 5.85. The lowest BCUT2D eigenvalue weighted by molar-refractivity contribution is 0.104. The average Bonchev–Trinajstić information content (AvgIpc) is 2.42. The van der Waals surface area contributed by atoms with Crippen LogP contribution in [0.15, 0.2) is 17.3 Å². The van der Waals surface area contributed by atoms with E-state index < -0.39 is 0 Å². The monoisotopic (exact) mass is 381 g/mol. The van der Waals surface area contributed by atoms with Crippen molar-refractivity contribution in [1.82, 2.24) is 4.90 Å². The van der Waals surface area contributed by atoms with E-state index in [0.29, 0.717) is 20.8 Å². The minimum absolute atomic E-state index is 0.0138. The summed E-state index contributed by atoms with van der Waals surface area (Å²) >= 11 is 17.7. The number of hydrogen-bond acceptors (Lipinski definition) is 4. The zero-order chi connectivity index (χ0) is 17.6. The van der Waals surface area contributed by atoms with Crippen LogP contribution in [0, 0.1) is 5.41 Å². The van der Waals surface area contributed by atoms with Crippen LogP contribution < -0.4 is 16.2 Å². The molecule has 0 radical (unpaired) electrons. The molecule has 0 aromatic heterocycles. The summed E-state index contributed by atoms with van der Waals surface area (Å²) in [6.07, 6.45) is 0. The Morgan fingerprint density at radius 2 is 1.78 bits per heavy atom. The number of nitrogens with two attached hydrogens (primary N) is 2. The zero-order valence-electron chi connectivity index (χ0n) is 12.6. The van der Waals surface area contributed by atoms with Crippen LogP contribution in [0.2, 0.25) is 15.1 Å². The third-order valence-electron chi connectivity index (χ3n) is 2.59. The Bertz CT molecular complexity index is 595. The van der Waals surface area contributed by atoms with E-state index in [2.05, 4.69) is 5.16 Å². The number of nitrogens with zero attached hydrogens (tertiary/aromatic N) is 2. The molecule has 0 aliphatic carbocycles. The van der Waals surface area contributed by atoms with Gasteiger partial charge in [0.1, 0.15) is 12.4 Å². The normalized spacial score (nSPS) is 11.5. The predicted molar refractivity (Wildman–Crippen MR) is 93.4 cm³/mol. The molecule has 0 unspecified atom stereocenters. The SMILES string of the molecule is CC(C)N(C(=N)N)C(N)=NOCCOc1cc(Cl)c(Cl)cc1Cl. The van der Waals surface area contributed by atoms with Crippen LogP contribution in [-0.4, -0.2) is 36.1 Å². The maximum atomic E-state index is 7.43. The lowest BCUT2D eigenvalue weighted by Crippen LogP contribution is -2.49. The van der Waals surface area contributed by atoms with Crippen molar-refractivity contribution < 1.29 is 9.57 Å².